The fraction of sp³-hybridized carbons (Fsp3) is 0.692. The summed E-state index contributed by atoms with van der Waals surface area (Å²) in [6.45, 7) is 7.92. The molecular formula is C13H22N2O. The minimum absolute atomic E-state index is 0.627. The summed E-state index contributed by atoms with van der Waals surface area (Å²) in [5.74, 6) is 0. The Labute approximate surface area is 97.8 Å². The van der Waals surface area contributed by atoms with Gasteiger partial charge in [-0.05, 0) is 45.8 Å². The standard InChI is InChI=1S/C13H22N2O/c1-11-3-6-15(7-4-12(2)14-11)9-13-5-8-16-10-13/h5,8,10-12,14H,3-4,6-7,9H2,1-2H3. The molecule has 1 aromatic heterocycles. The lowest BCUT2D eigenvalue weighted by molar-refractivity contribution is 0.211. The quantitative estimate of drug-likeness (QED) is 0.832. The first-order chi connectivity index (χ1) is 7.74. The summed E-state index contributed by atoms with van der Waals surface area (Å²) in [5.41, 5.74) is 1.29. The molecule has 1 saturated heterocycles. The molecule has 1 aromatic rings. The molecule has 2 rings (SSSR count). The smallest absolute Gasteiger partial charge is 0.0947 e. The zero-order valence-corrected chi connectivity index (χ0v) is 10.3. The summed E-state index contributed by atoms with van der Waals surface area (Å²) < 4.78 is 5.12. The average molecular weight is 222 g/mol. The Hall–Kier alpha value is -0.800. The van der Waals surface area contributed by atoms with Crippen molar-refractivity contribution < 1.29 is 4.42 Å². The minimum atomic E-state index is 0.627. The second kappa shape index (κ2) is 5.51. The molecule has 1 fully saturated rings. The number of rotatable bonds is 2. The van der Waals surface area contributed by atoms with Gasteiger partial charge in [0.15, 0.2) is 0 Å². The fourth-order valence-corrected chi connectivity index (χ4v) is 2.32. The molecule has 2 heterocycles. The number of nitrogens with one attached hydrogen (secondary N) is 1. The van der Waals surface area contributed by atoms with E-state index in [9.17, 15) is 0 Å². The first-order valence-corrected chi connectivity index (χ1v) is 6.23. The van der Waals surface area contributed by atoms with E-state index in [0.717, 1.165) is 6.54 Å². The summed E-state index contributed by atoms with van der Waals surface area (Å²) in [5, 5.41) is 3.62. The van der Waals surface area contributed by atoms with Gasteiger partial charge in [-0.1, -0.05) is 0 Å². The lowest BCUT2D eigenvalue weighted by atomic mass is 10.1. The lowest BCUT2D eigenvalue weighted by Gasteiger charge is -2.30. The third kappa shape index (κ3) is 3.35. The van der Waals surface area contributed by atoms with Crippen molar-refractivity contribution in [3.63, 3.8) is 0 Å². The molecule has 2 unspecified atom stereocenters. The first kappa shape index (κ1) is 11.7. The van der Waals surface area contributed by atoms with Gasteiger partial charge >= 0.3 is 0 Å². The molecule has 1 aliphatic heterocycles. The molecule has 0 saturated carbocycles. The summed E-state index contributed by atoms with van der Waals surface area (Å²) >= 11 is 0. The Balaban J connectivity index is 1.88. The molecule has 0 bridgehead atoms. The first-order valence-electron chi connectivity index (χ1n) is 6.23. The molecule has 0 amide bonds. The Morgan fingerprint density at radius 2 is 2.00 bits per heavy atom. The number of nitrogens with zero attached hydrogens (tertiary/aromatic N) is 1. The average Bonchev–Trinajstić information content (AvgIpc) is 2.73. The molecule has 0 radical (unpaired) electrons. The molecule has 1 aliphatic rings. The summed E-state index contributed by atoms with van der Waals surface area (Å²) in [6.07, 6.45) is 6.06. The molecule has 0 aliphatic carbocycles. The zero-order valence-electron chi connectivity index (χ0n) is 10.3. The van der Waals surface area contributed by atoms with E-state index in [0.29, 0.717) is 12.1 Å². The van der Waals surface area contributed by atoms with Crippen LogP contribution in [0.2, 0.25) is 0 Å². The van der Waals surface area contributed by atoms with Crippen molar-refractivity contribution in [1.29, 1.82) is 0 Å². The van der Waals surface area contributed by atoms with Crippen LogP contribution in [0.3, 0.4) is 0 Å². The molecule has 0 aromatic carbocycles. The van der Waals surface area contributed by atoms with E-state index < -0.39 is 0 Å². The Bertz CT molecular complexity index is 285. The summed E-state index contributed by atoms with van der Waals surface area (Å²) in [4.78, 5) is 2.53. The van der Waals surface area contributed by atoms with Gasteiger partial charge in [0.1, 0.15) is 0 Å². The SMILES string of the molecule is CC1CCN(Cc2ccoc2)CCC(C)N1. The monoisotopic (exact) mass is 222 g/mol. The predicted octanol–water partition coefficient (Wildman–Crippen LogP) is 2.24. The van der Waals surface area contributed by atoms with Gasteiger partial charge < -0.3 is 9.73 Å². The molecule has 2 atom stereocenters. The third-order valence-electron chi connectivity index (χ3n) is 3.31. The van der Waals surface area contributed by atoms with Crippen molar-refractivity contribution in [3.8, 4) is 0 Å². The zero-order chi connectivity index (χ0) is 11.4. The third-order valence-corrected chi connectivity index (χ3v) is 3.31. The molecular weight excluding hydrogens is 200 g/mol. The van der Waals surface area contributed by atoms with E-state index in [4.69, 9.17) is 4.42 Å². The molecule has 90 valence electrons. The maximum atomic E-state index is 5.12. The van der Waals surface area contributed by atoms with Crippen LogP contribution in [-0.4, -0.2) is 30.1 Å². The highest BCUT2D eigenvalue weighted by Gasteiger charge is 2.16. The largest absolute Gasteiger partial charge is 0.472 e. The number of hydrogen-bond acceptors (Lipinski definition) is 3. The molecule has 3 nitrogen and oxygen atoms in total. The summed E-state index contributed by atoms with van der Waals surface area (Å²) in [6, 6.07) is 3.31. The van der Waals surface area contributed by atoms with E-state index in [1.54, 1.807) is 6.26 Å². The van der Waals surface area contributed by atoms with Crippen LogP contribution in [-0.2, 0) is 6.54 Å². The van der Waals surface area contributed by atoms with Crippen LogP contribution in [0.15, 0.2) is 23.0 Å². The van der Waals surface area contributed by atoms with Gasteiger partial charge in [0.05, 0.1) is 12.5 Å². The van der Waals surface area contributed by atoms with E-state index in [2.05, 4.69) is 30.1 Å². The van der Waals surface area contributed by atoms with Crippen LogP contribution in [0.25, 0.3) is 0 Å². The maximum absolute atomic E-state index is 5.12. The highest BCUT2D eigenvalue weighted by atomic mass is 16.3. The lowest BCUT2D eigenvalue weighted by Crippen LogP contribution is -2.42. The van der Waals surface area contributed by atoms with Crippen LogP contribution in [0, 0.1) is 0 Å². The Kier molecular flexibility index (Phi) is 4.02. The topological polar surface area (TPSA) is 28.4 Å². The van der Waals surface area contributed by atoms with Crippen molar-refractivity contribution in [2.45, 2.75) is 45.3 Å². The van der Waals surface area contributed by atoms with Crippen molar-refractivity contribution in [2.75, 3.05) is 13.1 Å². The molecule has 0 spiro atoms. The number of furan rings is 1. The normalized spacial score (nSPS) is 28.6. The van der Waals surface area contributed by atoms with Crippen molar-refractivity contribution >= 4 is 0 Å². The van der Waals surface area contributed by atoms with Gasteiger partial charge in [0.2, 0.25) is 0 Å². The van der Waals surface area contributed by atoms with E-state index in [-0.39, 0.29) is 0 Å². The van der Waals surface area contributed by atoms with Crippen LogP contribution >= 0.6 is 0 Å². The summed E-state index contributed by atoms with van der Waals surface area (Å²) in [7, 11) is 0. The van der Waals surface area contributed by atoms with Crippen molar-refractivity contribution in [3.05, 3.63) is 24.2 Å². The van der Waals surface area contributed by atoms with E-state index >= 15 is 0 Å². The van der Waals surface area contributed by atoms with Gasteiger partial charge in [-0.15, -0.1) is 0 Å². The van der Waals surface area contributed by atoms with Crippen LogP contribution in [0.1, 0.15) is 32.3 Å². The minimum Gasteiger partial charge on any atom is -0.472 e. The van der Waals surface area contributed by atoms with E-state index in [1.807, 2.05) is 6.26 Å². The Morgan fingerprint density at radius 3 is 2.56 bits per heavy atom. The molecule has 1 N–H and O–H groups in total. The van der Waals surface area contributed by atoms with Gasteiger partial charge in [-0.2, -0.15) is 0 Å². The van der Waals surface area contributed by atoms with Crippen LogP contribution in [0.5, 0.6) is 0 Å². The van der Waals surface area contributed by atoms with Crippen molar-refractivity contribution in [1.82, 2.24) is 10.2 Å². The molecule has 16 heavy (non-hydrogen) atoms. The van der Waals surface area contributed by atoms with Gasteiger partial charge in [0, 0.05) is 24.2 Å². The van der Waals surface area contributed by atoms with Gasteiger partial charge in [0.25, 0.3) is 0 Å². The van der Waals surface area contributed by atoms with Crippen LogP contribution in [0.4, 0.5) is 0 Å². The van der Waals surface area contributed by atoms with E-state index in [1.165, 1.54) is 31.5 Å². The predicted molar refractivity (Wildman–Crippen MR) is 65.3 cm³/mol. The van der Waals surface area contributed by atoms with Gasteiger partial charge in [-0.3, -0.25) is 4.90 Å². The Morgan fingerprint density at radius 1 is 1.31 bits per heavy atom. The van der Waals surface area contributed by atoms with Crippen LogP contribution < -0.4 is 5.32 Å². The maximum Gasteiger partial charge on any atom is 0.0947 e. The highest BCUT2D eigenvalue weighted by molar-refractivity contribution is 5.04. The van der Waals surface area contributed by atoms with Gasteiger partial charge in [-0.25, -0.2) is 0 Å². The second-order valence-electron chi connectivity index (χ2n) is 4.95. The molecule has 3 heteroatoms. The fourth-order valence-electron chi connectivity index (χ4n) is 2.32. The highest BCUT2D eigenvalue weighted by Crippen LogP contribution is 2.11. The second-order valence-corrected chi connectivity index (χ2v) is 4.95. The van der Waals surface area contributed by atoms with Crippen molar-refractivity contribution in [2.24, 2.45) is 0 Å². The number of hydrogen-bond donors (Lipinski definition) is 1.